The highest BCUT2D eigenvalue weighted by Crippen LogP contribution is 2.25. The van der Waals surface area contributed by atoms with Gasteiger partial charge in [-0.2, -0.15) is 5.10 Å². The fourth-order valence-corrected chi connectivity index (χ4v) is 3.28. The Morgan fingerprint density at radius 1 is 1.19 bits per heavy atom. The molecule has 0 N–H and O–H groups in total. The van der Waals surface area contributed by atoms with Crippen LogP contribution in [0.1, 0.15) is 6.92 Å². The van der Waals surface area contributed by atoms with Crippen molar-refractivity contribution in [1.29, 1.82) is 0 Å². The Balaban J connectivity index is 1.71. The third kappa shape index (κ3) is 4.21. The number of ether oxygens (including phenoxy) is 1. The molecule has 2 heterocycles. The van der Waals surface area contributed by atoms with E-state index in [2.05, 4.69) is 5.10 Å². The molecule has 0 atom stereocenters. The molecular formula is C18H20ClFN4O3. The summed E-state index contributed by atoms with van der Waals surface area (Å²) in [6, 6.07) is 6.64. The molecule has 7 nitrogen and oxygen atoms in total. The number of aromatic nitrogens is 2. The summed E-state index contributed by atoms with van der Waals surface area (Å²) in [6.07, 6.45) is 1.47. The van der Waals surface area contributed by atoms with Gasteiger partial charge in [0.25, 0.3) is 5.56 Å². The minimum Gasteiger partial charge on any atom is -0.465 e. The first-order valence-electron chi connectivity index (χ1n) is 8.67. The predicted octanol–water partition coefficient (Wildman–Crippen LogP) is 1.93. The molecule has 27 heavy (non-hydrogen) atoms. The van der Waals surface area contributed by atoms with E-state index in [-0.39, 0.29) is 24.0 Å². The molecule has 0 bridgehead atoms. The van der Waals surface area contributed by atoms with Crippen LogP contribution in [0.5, 0.6) is 0 Å². The van der Waals surface area contributed by atoms with Crippen LogP contribution in [0, 0.1) is 5.82 Å². The largest absolute Gasteiger partial charge is 0.465 e. The number of piperazine rings is 1. The average Bonchev–Trinajstić information content (AvgIpc) is 2.67. The van der Waals surface area contributed by atoms with Gasteiger partial charge in [0.1, 0.15) is 17.4 Å². The maximum absolute atomic E-state index is 13.9. The highest BCUT2D eigenvalue weighted by atomic mass is 35.5. The standard InChI is InChI=1S/C18H20ClFN4O3/c1-2-27-16(25)12-24-18(26)17(19)15(11-21-24)23-9-7-22(8-10-23)14-6-4-3-5-13(14)20/h3-6,11H,2,7-10,12H2,1H3. The smallest absolute Gasteiger partial charge is 0.327 e. The predicted molar refractivity (Wildman–Crippen MR) is 101 cm³/mol. The topological polar surface area (TPSA) is 67.7 Å². The Morgan fingerprint density at radius 3 is 2.44 bits per heavy atom. The lowest BCUT2D eigenvalue weighted by Gasteiger charge is -2.37. The fourth-order valence-electron chi connectivity index (χ4n) is 3.01. The SMILES string of the molecule is CCOC(=O)Cn1ncc(N2CCN(c3ccccc3F)CC2)c(Cl)c1=O. The van der Waals surface area contributed by atoms with Crippen molar-refractivity contribution in [2.75, 3.05) is 42.6 Å². The van der Waals surface area contributed by atoms with Crippen molar-refractivity contribution in [3.63, 3.8) is 0 Å². The minimum absolute atomic E-state index is 0.00800. The number of carbonyl (C=O) groups is 1. The number of carbonyl (C=O) groups excluding carboxylic acids is 1. The van der Waals surface area contributed by atoms with Gasteiger partial charge in [0, 0.05) is 26.2 Å². The van der Waals surface area contributed by atoms with Gasteiger partial charge in [0.15, 0.2) is 0 Å². The van der Waals surface area contributed by atoms with Crippen molar-refractivity contribution in [3.8, 4) is 0 Å². The first-order valence-corrected chi connectivity index (χ1v) is 9.04. The van der Waals surface area contributed by atoms with Crippen LogP contribution in [-0.2, 0) is 16.1 Å². The van der Waals surface area contributed by atoms with Gasteiger partial charge in [0.2, 0.25) is 0 Å². The summed E-state index contributed by atoms with van der Waals surface area (Å²) in [4.78, 5) is 27.8. The van der Waals surface area contributed by atoms with Crippen LogP contribution in [-0.4, -0.2) is 48.5 Å². The Kier molecular flexibility index (Phi) is 5.95. The molecule has 1 aromatic heterocycles. The Hall–Kier alpha value is -2.61. The molecule has 1 aromatic carbocycles. The summed E-state index contributed by atoms with van der Waals surface area (Å²) < 4.78 is 19.8. The Morgan fingerprint density at radius 2 is 1.81 bits per heavy atom. The van der Waals surface area contributed by atoms with E-state index in [1.807, 2.05) is 9.80 Å². The summed E-state index contributed by atoms with van der Waals surface area (Å²) >= 11 is 6.23. The second-order valence-corrected chi connectivity index (χ2v) is 6.42. The number of halogens is 2. The lowest BCUT2D eigenvalue weighted by Crippen LogP contribution is -2.47. The summed E-state index contributed by atoms with van der Waals surface area (Å²) in [5.74, 6) is -0.804. The first kappa shape index (κ1) is 19.2. The highest BCUT2D eigenvalue weighted by Gasteiger charge is 2.23. The third-order valence-electron chi connectivity index (χ3n) is 4.36. The monoisotopic (exact) mass is 394 g/mol. The molecule has 2 aromatic rings. The lowest BCUT2D eigenvalue weighted by atomic mass is 10.2. The molecule has 0 radical (unpaired) electrons. The molecule has 144 valence electrons. The van der Waals surface area contributed by atoms with E-state index in [9.17, 15) is 14.0 Å². The normalized spacial score (nSPS) is 14.3. The molecule has 0 saturated carbocycles. The number of esters is 1. The number of rotatable bonds is 5. The summed E-state index contributed by atoms with van der Waals surface area (Å²) in [6.45, 7) is 3.94. The zero-order chi connectivity index (χ0) is 19.4. The van der Waals surface area contributed by atoms with E-state index in [0.717, 1.165) is 4.68 Å². The van der Waals surface area contributed by atoms with Crippen LogP contribution in [0.2, 0.25) is 5.02 Å². The van der Waals surface area contributed by atoms with Gasteiger partial charge < -0.3 is 14.5 Å². The molecule has 0 amide bonds. The van der Waals surface area contributed by atoms with Gasteiger partial charge in [-0.3, -0.25) is 9.59 Å². The van der Waals surface area contributed by atoms with Gasteiger partial charge in [-0.05, 0) is 19.1 Å². The number of para-hydroxylation sites is 1. The van der Waals surface area contributed by atoms with E-state index in [0.29, 0.717) is 37.6 Å². The average molecular weight is 395 g/mol. The van der Waals surface area contributed by atoms with Crippen LogP contribution in [0.25, 0.3) is 0 Å². The maximum Gasteiger partial charge on any atom is 0.327 e. The number of hydrogen-bond donors (Lipinski definition) is 0. The molecule has 1 aliphatic rings. The van der Waals surface area contributed by atoms with Crippen LogP contribution >= 0.6 is 11.6 Å². The molecule has 1 fully saturated rings. The van der Waals surface area contributed by atoms with Crippen molar-refractivity contribution in [3.05, 3.63) is 51.7 Å². The summed E-state index contributed by atoms with van der Waals surface area (Å²) in [5.41, 5.74) is 0.528. The number of anilines is 2. The van der Waals surface area contributed by atoms with E-state index in [1.54, 1.807) is 25.1 Å². The summed E-state index contributed by atoms with van der Waals surface area (Å²) in [7, 11) is 0. The van der Waals surface area contributed by atoms with Crippen molar-refractivity contribution in [2.45, 2.75) is 13.5 Å². The zero-order valence-corrected chi connectivity index (χ0v) is 15.7. The second kappa shape index (κ2) is 8.39. The second-order valence-electron chi connectivity index (χ2n) is 6.04. The van der Waals surface area contributed by atoms with Crippen LogP contribution in [0.4, 0.5) is 15.8 Å². The number of hydrogen-bond acceptors (Lipinski definition) is 6. The van der Waals surface area contributed by atoms with E-state index in [1.165, 1.54) is 12.3 Å². The molecule has 3 rings (SSSR count). The van der Waals surface area contributed by atoms with Gasteiger partial charge in [-0.1, -0.05) is 23.7 Å². The van der Waals surface area contributed by atoms with E-state index < -0.39 is 11.5 Å². The molecule has 0 unspecified atom stereocenters. The molecular weight excluding hydrogens is 375 g/mol. The van der Waals surface area contributed by atoms with Crippen molar-refractivity contribution in [2.24, 2.45) is 0 Å². The molecule has 1 saturated heterocycles. The number of nitrogens with zero attached hydrogens (tertiary/aromatic N) is 4. The lowest BCUT2D eigenvalue weighted by molar-refractivity contribution is -0.144. The third-order valence-corrected chi connectivity index (χ3v) is 4.72. The van der Waals surface area contributed by atoms with Gasteiger partial charge in [-0.25, -0.2) is 9.07 Å². The first-order chi connectivity index (χ1) is 13.0. The molecule has 9 heteroatoms. The van der Waals surface area contributed by atoms with Gasteiger partial charge in [0.05, 0.1) is 24.2 Å². The quantitative estimate of drug-likeness (QED) is 0.722. The Bertz CT molecular complexity index is 881. The molecule has 0 aliphatic carbocycles. The van der Waals surface area contributed by atoms with Crippen LogP contribution < -0.4 is 15.4 Å². The van der Waals surface area contributed by atoms with Crippen molar-refractivity contribution < 1.29 is 13.9 Å². The highest BCUT2D eigenvalue weighted by molar-refractivity contribution is 6.33. The van der Waals surface area contributed by atoms with E-state index in [4.69, 9.17) is 16.3 Å². The van der Waals surface area contributed by atoms with E-state index >= 15 is 0 Å². The Labute approximate surface area is 160 Å². The number of benzene rings is 1. The molecule has 0 spiro atoms. The van der Waals surface area contributed by atoms with Crippen molar-refractivity contribution >= 4 is 28.9 Å². The van der Waals surface area contributed by atoms with Crippen molar-refractivity contribution in [1.82, 2.24) is 9.78 Å². The van der Waals surface area contributed by atoms with Gasteiger partial charge >= 0.3 is 5.97 Å². The molecule has 1 aliphatic heterocycles. The van der Waals surface area contributed by atoms with Crippen LogP contribution in [0.3, 0.4) is 0 Å². The minimum atomic E-state index is -0.547. The fraction of sp³-hybridized carbons (Fsp3) is 0.389. The summed E-state index contributed by atoms with van der Waals surface area (Å²) in [5, 5.41) is 4.04. The van der Waals surface area contributed by atoms with Crippen LogP contribution in [0.15, 0.2) is 35.3 Å². The van der Waals surface area contributed by atoms with Gasteiger partial charge in [-0.15, -0.1) is 0 Å². The zero-order valence-electron chi connectivity index (χ0n) is 14.9. The maximum atomic E-state index is 13.9.